The number of benzene rings is 1. The van der Waals surface area contributed by atoms with Crippen LogP contribution in [0, 0.1) is 6.92 Å². The average molecular weight is 219 g/mol. The van der Waals surface area contributed by atoms with Crippen molar-refractivity contribution in [3.63, 3.8) is 0 Å². The van der Waals surface area contributed by atoms with Gasteiger partial charge in [0.1, 0.15) is 11.5 Å². The number of hydrogen-bond donors (Lipinski definition) is 2. The van der Waals surface area contributed by atoms with Crippen LogP contribution in [0.25, 0.3) is 0 Å². The second-order valence-corrected chi connectivity index (χ2v) is 4.98. The van der Waals surface area contributed by atoms with Crippen molar-refractivity contribution in [1.82, 2.24) is 0 Å². The van der Waals surface area contributed by atoms with Crippen molar-refractivity contribution >= 4 is 0 Å². The molecule has 0 unspecified atom stereocenters. The van der Waals surface area contributed by atoms with Crippen molar-refractivity contribution in [2.45, 2.75) is 31.6 Å². The summed E-state index contributed by atoms with van der Waals surface area (Å²) in [5.41, 5.74) is 9.05. The molecule has 3 rings (SSSR count). The van der Waals surface area contributed by atoms with Gasteiger partial charge in [0, 0.05) is 29.5 Å². The van der Waals surface area contributed by atoms with Crippen LogP contribution >= 0.6 is 0 Å². The fourth-order valence-electron chi connectivity index (χ4n) is 2.73. The van der Waals surface area contributed by atoms with Crippen molar-refractivity contribution in [1.29, 1.82) is 0 Å². The molecule has 3 nitrogen and oxygen atoms in total. The second kappa shape index (κ2) is 3.14. The van der Waals surface area contributed by atoms with Crippen LogP contribution in [0.2, 0.25) is 0 Å². The quantitative estimate of drug-likeness (QED) is 0.794. The standard InChI is InChI=1S/C13H17NO2/c1-8-6-10-9(2-5-16-10)11(12(8)15)13(7-14)3-4-13/h6,15H,2-5,7,14H2,1H3. The highest BCUT2D eigenvalue weighted by Crippen LogP contribution is 2.54. The molecule has 0 amide bonds. The molecule has 1 saturated carbocycles. The van der Waals surface area contributed by atoms with E-state index in [9.17, 15) is 5.11 Å². The van der Waals surface area contributed by atoms with E-state index in [0.717, 1.165) is 42.7 Å². The highest BCUT2D eigenvalue weighted by molar-refractivity contribution is 5.59. The van der Waals surface area contributed by atoms with Crippen LogP contribution in [0.15, 0.2) is 6.07 Å². The van der Waals surface area contributed by atoms with Gasteiger partial charge >= 0.3 is 0 Å². The molecule has 3 N–H and O–H groups in total. The number of ether oxygens (including phenoxy) is 1. The van der Waals surface area contributed by atoms with Gasteiger partial charge in [0.2, 0.25) is 0 Å². The number of nitrogens with two attached hydrogens (primary N) is 1. The zero-order valence-electron chi connectivity index (χ0n) is 9.55. The Morgan fingerprint density at radius 1 is 1.50 bits per heavy atom. The lowest BCUT2D eigenvalue weighted by Gasteiger charge is -2.19. The van der Waals surface area contributed by atoms with Crippen LogP contribution in [0.4, 0.5) is 0 Å². The summed E-state index contributed by atoms with van der Waals surface area (Å²) in [6.07, 6.45) is 3.08. The smallest absolute Gasteiger partial charge is 0.123 e. The van der Waals surface area contributed by atoms with Crippen LogP contribution < -0.4 is 10.5 Å². The third-order valence-electron chi connectivity index (χ3n) is 3.94. The minimum atomic E-state index is 0.0356. The highest BCUT2D eigenvalue weighted by atomic mass is 16.5. The first-order chi connectivity index (χ1) is 7.68. The van der Waals surface area contributed by atoms with E-state index in [-0.39, 0.29) is 5.41 Å². The minimum Gasteiger partial charge on any atom is -0.507 e. The molecule has 16 heavy (non-hydrogen) atoms. The van der Waals surface area contributed by atoms with E-state index < -0.39 is 0 Å². The number of fused-ring (bicyclic) bond motifs is 1. The summed E-state index contributed by atoms with van der Waals surface area (Å²) in [6, 6.07) is 1.94. The monoisotopic (exact) mass is 219 g/mol. The molecular formula is C13H17NO2. The van der Waals surface area contributed by atoms with Gasteiger partial charge in [-0.3, -0.25) is 0 Å². The van der Waals surface area contributed by atoms with E-state index in [1.165, 1.54) is 5.56 Å². The Morgan fingerprint density at radius 2 is 2.25 bits per heavy atom. The fraction of sp³-hybridized carbons (Fsp3) is 0.538. The maximum absolute atomic E-state index is 10.3. The predicted octanol–water partition coefficient (Wildman–Crippen LogP) is 1.63. The second-order valence-electron chi connectivity index (χ2n) is 4.98. The number of rotatable bonds is 2. The van der Waals surface area contributed by atoms with Gasteiger partial charge in [-0.15, -0.1) is 0 Å². The van der Waals surface area contributed by atoms with Gasteiger partial charge in [0.15, 0.2) is 0 Å². The average Bonchev–Trinajstić information content (AvgIpc) is 2.93. The van der Waals surface area contributed by atoms with Crippen molar-refractivity contribution in [3.05, 3.63) is 22.8 Å². The molecule has 1 fully saturated rings. The molecular weight excluding hydrogens is 202 g/mol. The van der Waals surface area contributed by atoms with E-state index in [4.69, 9.17) is 10.5 Å². The summed E-state index contributed by atoms with van der Waals surface area (Å²) >= 11 is 0. The normalized spacial score (nSPS) is 20.4. The molecule has 1 aliphatic heterocycles. The van der Waals surface area contributed by atoms with Crippen molar-refractivity contribution < 1.29 is 9.84 Å². The summed E-state index contributed by atoms with van der Waals surface area (Å²) < 4.78 is 5.59. The fourth-order valence-corrected chi connectivity index (χ4v) is 2.73. The Labute approximate surface area is 95.2 Å². The summed E-state index contributed by atoms with van der Waals surface area (Å²) in [7, 11) is 0. The van der Waals surface area contributed by atoms with Gasteiger partial charge in [-0.25, -0.2) is 0 Å². The van der Waals surface area contributed by atoms with E-state index in [1.54, 1.807) is 0 Å². The summed E-state index contributed by atoms with van der Waals surface area (Å²) in [6.45, 7) is 3.27. The molecule has 2 aliphatic rings. The summed E-state index contributed by atoms with van der Waals surface area (Å²) in [5.74, 6) is 1.39. The third-order valence-corrected chi connectivity index (χ3v) is 3.94. The summed E-state index contributed by atoms with van der Waals surface area (Å²) in [5, 5.41) is 10.3. The predicted molar refractivity (Wildman–Crippen MR) is 62.0 cm³/mol. The molecule has 0 aromatic heterocycles. The van der Waals surface area contributed by atoms with Gasteiger partial charge < -0.3 is 15.6 Å². The maximum Gasteiger partial charge on any atom is 0.123 e. The molecule has 1 heterocycles. The van der Waals surface area contributed by atoms with Crippen molar-refractivity contribution in [2.75, 3.05) is 13.2 Å². The van der Waals surface area contributed by atoms with Gasteiger partial charge in [0.05, 0.1) is 6.61 Å². The maximum atomic E-state index is 10.3. The zero-order chi connectivity index (χ0) is 11.3. The SMILES string of the molecule is Cc1cc2c(c(C3(CN)CC3)c1O)CCO2. The molecule has 1 aliphatic carbocycles. The van der Waals surface area contributed by atoms with Crippen LogP contribution in [-0.4, -0.2) is 18.3 Å². The zero-order valence-corrected chi connectivity index (χ0v) is 9.55. The Bertz CT molecular complexity index is 450. The van der Waals surface area contributed by atoms with E-state index >= 15 is 0 Å². The number of hydrogen-bond acceptors (Lipinski definition) is 3. The van der Waals surface area contributed by atoms with Crippen molar-refractivity contribution in [2.24, 2.45) is 5.73 Å². The first-order valence-corrected chi connectivity index (χ1v) is 5.87. The molecule has 0 bridgehead atoms. The van der Waals surface area contributed by atoms with Crippen LogP contribution in [0.1, 0.15) is 29.5 Å². The van der Waals surface area contributed by atoms with E-state index in [2.05, 4.69) is 0 Å². The lowest BCUT2D eigenvalue weighted by molar-refractivity contribution is 0.356. The Morgan fingerprint density at radius 3 is 2.88 bits per heavy atom. The largest absolute Gasteiger partial charge is 0.507 e. The van der Waals surface area contributed by atoms with Crippen LogP contribution in [0.5, 0.6) is 11.5 Å². The topological polar surface area (TPSA) is 55.5 Å². The Kier molecular flexibility index (Phi) is 1.96. The Balaban J connectivity index is 2.23. The first-order valence-electron chi connectivity index (χ1n) is 5.87. The van der Waals surface area contributed by atoms with E-state index in [1.807, 2.05) is 13.0 Å². The molecule has 1 aromatic carbocycles. The lowest BCUT2D eigenvalue weighted by atomic mass is 9.87. The molecule has 3 heteroatoms. The highest BCUT2D eigenvalue weighted by Gasteiger charge is 2.47. The summed E-state index contributed by atoms with van der Waals surface area (Å²) in [4.78, 5) is 0. The third kappa shape index (κ3) is 1.18. The number of aryl methyl sites for hydroxylation is 1. The van der Waals surface area contributed by atoms with Gasteiger partial charge in [-0.1, -0.05) is 0 Å². The molecule has 0 radical (unpaired) electrons. The molecule has 86 valence electrons. The lowest BCUT2D eigenvalue weighted by Crippen LogP contribution is -2.21. The van der Waals surface area contributed by atoms with Gasteiger partial charge in [-0.2, -0.15) is 0 Å². The molecule has 0 atom stereocenters. The van der Waals surface area contributed by atoms with Gasteiger partial charge in [0.25, 0.3) is 0 Å². The number of phenolic OH excluding ortho intramolecular Hbond substituents is 1. The molecule has 1 aromatic rings. The van der Waals surface area contributed by atoms with E-state index in [0.29, 0.717) is 12.3 Å². The molecule has 0 spiro atoms. The number of phenols is 1. The van der Waals surface area contributed by atoms with Crippen LogP contribution in [-0.2, 0) is 11.8 Å². The Hall–Kier alpha value is -1.22. The minimum absolute atomic E-state index is 0.0356. The first kappa shape index (κ1) is 9.97. The van der Waals surface area contributed by atoms with Gasteiger partial charge in [-0.05, 0) is 31.4 Å². The van der Waals surface area contributed by atoms with Crippen LogP contribution in [0.3, 0.4) is 0 Å². The van der Waals surface area contributed by atoms with Crippen molar-refractivity contribution in [3.8, 4) is 11.5 Å². The molecule has 0 saturated heterocycles. The number of aromatic hydroxyl groups is 1.